The van der Waals surface area contributed by atoms with Gasteiger partial charge in [0.25, 0.3) is 0 Å². The number of rotatable bonds is 5. The second-order valence-corrected chi connectivity index (χ2v) is 7.14. The van der Waals surface area contributed by atoms with Gasteiger partial charge < -0.3 is 5.32 Å². The first-order chi connectivity index (χ1) is 9.34. The van der Waals surface area contributed by atoms with Crippen molar-refractivity contribution in [3.8, 4) is 0 Å². The van der Waals surface area contributed by atoms with Crippen molar-refractivity contribution in [1.82, 2.24) is 5.32 Å². The summed E-state index contributed by atoms with van der Waals surface area (Å²) in [6.45, 7) is 16.1. The van der Waals surface area contributed by atoms with E-state index in [-0.39, 0.29) is 5.54 Å². The van der Waals surface area contributed by atoms with E-state index >= 15 is 0 Å². The van der Waals surface area contributed by atoms with E-state index in [0.29, 0.717) is 12.0 Å². The van der Waals surface area contributed by atoms with E-state index in [1.54, 1.807) is 0 Å². The van der Waals surface area contributed by atoms with Gasteiger partial charge in [-0.1, -0.05) is 51.0 Å². The third kappa shape index (κ3) is 4.22. The molecule has 1 saturated heterocycles. The van der Waals surface area contributed by atoms with Crippen LogP contribution in [0.2, 0.25) is 0 Å². The maximum atomic E-state index is 3.92. The molecule has 5 atom stereocenters. The third-order valence-corrected chi connectivity index (χ3v) is 5.02. The molecule has 0 aromatic carbocycles. The lowest BCUT2D eigenvalue weighted by molar-refractivity contribution is 0.106. The van der Waals surface area contributed by atoms with E-state index in [1.165, 1.54) is 18.4 Å². The monoisotopic (exact) mass is 277 g/mol. The van der Waals surface area contributed by atoms with E-state index in [1.807, 2.05) is 0 Å². The fourth-order valence-electron chi connectivity index (χ4n) is 4.01. The number of allylic oxidation sites excluding steroid dienone is 3. The van der Waals surface area contributed by atoms with Crippen LogP contribution >= 0.6 is 0 Å². The van der Waals surface area contributed by atoms with Gasteiger partial charge in [0.1, 0.15) is 0 Å². The molecule has 1 heteroatoms. The van der Waals surface area contributed by atoms with Crippen molar-refractivity contribution >= 4 is 0 Å². The average molecular weight is 277 g/mol. The van der Waals surface area contributed by atoms with Crippen LogP contribution in [0.3, 0.4) is 0 Å². The van der Waals surface area contributed by atoms with Gasteiger partial charge in [-0.3, -0.25) is 0 Å². The molecule has 1 fully saturated rings. The maximum absolute atomic E-state index is 3.92. The highest BCUT2D eigenvalue weighted by Crippen LogP contribution is 2.39. The number of hydrogen-bond acceptors (Lipinski definition) is 1. The molecule has 20 heavy (non-hydrogen) atoms. The topological polar surface area (TPSA) is 12.0 Å². The molecular formula is C19H35N. The SMILES string of the molecule is CCC=CC(C)C1CC(CC)C(C)(C=C(C)C)NC1C. The van der Waals surface area contributed by atoms with Crippen molar-refractivity contribution in [1.29, 1.82) is 0 Å². The van der Waals surface area contributed by atoms with Gasteiger partial charge in [-0.15, -0.1) is 0 Å². The van der Waals surface area contributed by atoms with E-state index < -0.39 is 0 Å². The molecule has 1 aliphatic rings. The maximum Gasteiger partial charge on any atom is 0.0368 e. The standard InChI is InChI=1S/C19H35N/c1-8-10-11-15(5)18-12-17(9-2)19(7,13-14(3)4)20-16(18)6/h10-11,13,15-18,20H,8-9,12H2,1-7H3. The van der Waals surface area contributed by atoms with Crippen LogP contribution in [0.4, 0.5) is 0 Å². The minimum absolute atomic E-state index is 0.164. The van der Waals surface area contributed by atoms with Gasteiger partial charge in [0.05, 0.1) is 0 Å². The van der Waals surface area contributed by atoms with Gasteiger partial charge in [-0.2, -0.15) is 0 Å². The van der Waals surface area contributed by atoms with Crippen LogP contribution < -0.4 is 5.32 Å². The molecule has 1 rings (SSSR count). The quantitative estimate of drug-likeness (QED) is 0.669. The Bertz CT molecular complexity index is 351. The largest absolute Gasteiger partial charge is 0.305 e. The highest BCUT2D eigenvalue weighted by Gasteiger charge is 2.41. The summed E-state index contributed by atoms with van der Waals surface area (Å²) in [5, 5.41) is 3.92. The Labute approximate surface area is 126 Å². The van der Waals surface area contributed by atoms with E-state index in [0.717, 1.165) is 18.3 Å². The van der Waals surface area contributed by atoms with E-state index in [2.05, 4.69) is 72.0 Å². The molecule has 0 amide bonds. The summed E-state index contributed by atoms with van der Waals surface area (Å²) < 4.78 is 0. The molecule has 1 N–H and O–H groups in total. The van der Waals surface area contributed by atoms with Crippen LogP contribution in [0, 0.1) is 17.8 Å². The summed E-state index contributed by atoms with van der Waals surface area (Å²) in [6, 6.07) is 0.579. The Morgan fingerprint density at radius 1 is 1.35 bits per heavy atom. The summed E-state index contributed by atoms with van der Waals surface area (Å²) >= 11 is 0. The van der Waals surface area contributed by atoms with Crippen LogP contribution in [0.1, 0.15) is 67.7 Å². The molecule has 0 saturated carbocycles. The minimum atomic E-state index is 0.164. The number of piperidine rings is 1. The normalized spacial score (nSPS) is 36.0. The summed E-state index contributed by atoms with van der Waals surface area (Å²) in [7, 11) is 0. The molecule has 0 aromatic heterocycles. The second-order valence-electron chi connectivity index (χ2n) is 7.14. The molecule has 1 nitrogen and oxygen atoms in total. The Balaban J connectivity index is 2.90. The van der Waals surface area contributed by atoms with Crippen LogP contribution in [0.5, 0.6) is 0 Å². The van der Waals surface area contributed by atoms with Gasteiger partial charge in [-0.25, -0.2) is 0 Å². The molecule has 0 aliphatic carbocycles. The lowest BCUT2D eigenvalue weighted by Crippen LogP contribution is -2.59. The van der Waals surface area contributed by atoms with Crippen molar-refractivity contribution in [3.05, 3.63) is 23.8 Å². The summed E-state index contributed by atoms with van der Waals surface area (Å²) in [4.78, 5) is 0. The van der Waals surface area contributed by atoms with Gasteiger partial charge in [0, 0.05) is 11.6 Å². The molecule has 1 heterocycles. The van der Waals surface area contributed by atoms with Gasteiger partial charge in [-0.05, 0) is 58.3 Å². The molecule has 1 aliphatic heterocycles. The zero-order valence-corrected chi connectivity index (χ0v) is 14.7. The molecular weight excluding hydrogens is 242 g/mol. The highest BCUT2D eigenvalue weighted by atomic mass is 15.0. The van der Waals surface area contributed by atoms with Crippen molar-refractivity contribution in [3.63, 3.8) is 0 Å². The van der Waals surface area contributed by atoms with Gasteiger partial charge >= 0.3 is 0 Å². The van der Waals surface area contributed by atoms with Crippen LogP contribution in [0.15, 0.2) is 23.8 Å². The lowest BCUT2D eigenvalue weighted by Gasteiger charge is -2.49. The lowest BCUT2D eigenvalue weighted by atomic mass is 9.68. The Morgan fingerprint density at radius 2 is 2.00 bits per heavy atom. The smallest absolute Gasteiger partial charge is 0.0368 e. The van der Waals surface area contributed by atoms with Crippen molar-refractivity contribution in [2.24, 2.45) is 17.8 Å². The fourth-order valence-corrected chi connectivity index (χ4v) is 4.01. The first-order valence-electron chi connectivity index (χ1n) is 8.44. The number of hydrogen-bond donors (Lipinski definition) is 1. The van der Waals surface area contributed by atoms with Crippen LogP contribution in [-0.4, -0.2) is 11.6 Å². The highest BCUT2D eigenvalue weighted by molar-refractivity contribution is 5.15. The van der Waals surface area contributed by atoms with Crippen LogP contribution in [0.25, 0.3) is 0 Å². The van der Waals surface area contributed by atoms with Crippen molar-refractivity contribution in [2.75, 3.05) is 0 Å². The molecule has 116 valence electrons. The predicted octanol–water partition coefficient (Wildman–Crippen LogP) is 5.34. The molecule has 0 spiro atoms. The predicted molar refractivity (Wildman–Crippen MR) is 90.9 cm³/mol. The summed E-state index contributed by atoms with van der Waals surface area (Å²) in [6.07, 6.45) is 10.9. The first kappa shape index (κ1) is 17.5. The Kier molecular flexibility index (Phi) is 6.51. The van der Waals surface area contributed by atoms with E-state index in [4.69, 9.17) is 0 Å². The fraction of sp³-hybridized carbons (Fsp3) is 0.789. The molecule has 5 unspecified atom stereocenters. The minimum Gasteiger partial charge on any atom is -0.305 e. The molecule has 0 bridgehead atoms. The van der Waals surface area contributed by atoms with Gasteiger partial charge in [0.2, 0.25) is 0 Å². The second kappa shape index (κ2) is 7.45. The molecule has 0 aromatic rings. The summed E-state index contributed by atoms with van der Waals surface area (Å²) in [5.74, 6) is 2.15. The van der Waals surface area contributed by atoms with E-state index in [9.17, 15) is 0 Å². The molecule has 0 radical (unpaired) electrons. The first-order valence-corrected chi connectivity index (χ1v) is 8.44. The zero-order chi connectivity index (χ0) is 15.3. The number of nitrogens with one attached hydrogen (secondary N) is 1. The van der Waals surface area contributed by atoms with Crippen LogP contribution in [-0.2, 0) is 0 Å². The third-order valence-electron chi connectivity index (χ3n) is 5.02. The van der Waals surface area contributed by atoms with Crippen molar-refractivity contribution in [2.45, 2.75) is 79.3 Å². The van der Waals surface area contributed by atoms with Gasteiger partial charge in [0.15, 0.2) is 0 Å². The Morgan fingerprint density at radius 3 is 2.50 bits per heavy atom. The summed E-state index contributed by atoms with van der Waals surface area (Å²) in [5.41, 5.74) is 1.58. The van der Waals surface area contributed by atoms with Crippen molar-refractivity contribution < 1.29 is 0 Å². The zero-order valence-electron chi connectivity index (χ0n) is 14.7. The Hall–Kier alpha value is -0.560. The average Bonchev–Trinajstić information content (AvgIpc) is 2.34.